The van der Waals surface area contributed by atoms with Crippen LogP contribution in [-0.4, -0.2) is 29.0 Å². The summed E-state index contributed by atoms with van der Waals surface area (Å²) < 4.78 is 14.1. The van der Waals surface area contributed by atoms with Crippen LogP contribution in [0.25, 0.3) is 22.6 Å². The Morgan fingerprint density at radius 2 is 1.95 bits per heavy atom. The molecular weight excluding hydrogens is 323 g/mol. The van der Waals surface area contributed by atoms with Gasteiger partial charge in [-0.25, -0.2) is 14.4 Å². The van der Waals surface area contributed by atoms with Crippen LogP contribution in [0.4, 0.5) is 10.2 Å². The van der Waals surface area contributed by atoms with Crippen LogP contribution in [-0.2, 0) is 0 Å². The van der Waals surface area contributed by atoms with E-state index >= 15 is 0 Å². The van der Waals surface area contributed by atoms with E-state index in [1.807, 2.05) is 37.2 Å². The lowest BCUT2D eigenvalue weighted by atomic mass is 10.2. The van der Waals surface area contributed by atoms with Gasteiger partial charge in [0.05, 0.1) is 5.52 Å². The van der Waals surface area contributed by atoms with Gasteiger partial charge in [-0.3, -0.25) is 0 Å². The molecule has 0 bridgehead atoms. The fourth-order valence-electron chi connectivity index (χ4n) is 1.96. The number of nitrogens with zero attached hydrogens (tertiary/aromatic N) is 3. The summed E-state index contributed by atoms with van der Waals surface area (Å²) in [5, 5.41) is 0. The first-order valence-electron chi connectivity index (χ1n) is 6.03. The summed E-state index contributed by atoms with van der Waals surface area (Å²) in [4.78, 5) is 13.9. The molecule has 102 valence electrons. The van der Waals surface area contributed by atoms with E-state index in [9.17, 15) is 4.39 Å². The summed E-state index contributed by atoms with van der Waals surface area (Å²) in [6.07, 6.45) is 0. The van der Waals surface area contributed by atoms with Gasteiger partial charge in [-0.15, -0.1) is 0 Å². The Morgan fingerprint density at radius 1 is 1.15 bits per heavy atom. The molecule has 0 unspecified atom stereocenters. The molecule has 0 spiro atoms. The van der Waals surface area contributed by atoms with Crippen LogP contribution in [0.1, 0.15) is 0 Å². The second-order valence-corrected chi connectivity index (χ2v) is 5.59. The summed E-state index contributed by atoms with van der Waals surface area (Å²) in [6.45, 7) is 0. The molecule has 0 radical (unpaired) electrons. The Morgan fingerprint density at radius 3 is 2.65 bits per heavy atom. The summed E-state index contributed by atoms with van der Waals surface area (Å²) in [6, 6.07) is 8.49. The Bertz CT molecular complexity index is 762. The number of rotatable bonds is 2. The number of halogens is 2. The van der Waals surface area contributed by atoms with Crippen molar-refractivity contribution in [1.29, 1.82) is 0 Å². The third-order valence-corrected chi connectivity index (χ3v) is 3.38. The molecule has 0 saturated carbocycles. The lowest BCUT2D eigenvalue weighted by Gasteiger charge is -2.09. The van der Waals surface area contributed by atoms with Crippen LogP contribution in [0.2, 0.25) is 0 Å². The van der Waals surface area contributed by atoms with E-state index in [0.29, 0.717) is 21.5 Å². The van der Waals surface area contributed by atoms with Gasteiger partial charge in [0, 0.05) is 24.1 Å². The summed E-state index contributed by atoms with van der Waals surface area (Å²) in [7, 11) is 3.84. The minimum absolute atomic E-state index is 0.309. The molecule has 0 amide bonds. The fourth-order valence-corrected chi connectivity index (χ4v) is 2.42. The van der Waals surface area contributed by atoms with Crippen molar-refractivity contribution in [3.63, 3.8) is 0 Å². The molecule has 1 N–H and O–H groups in total. The van der Waals surface area contributed by atoms with Crippen molar-refractivity contribution >= 4 is 32.9 Å². The van der Waals surface area contributed by atoms with E-state index in [-0.39, 0.29) is 5.82 Å². The van der Waals surface area contributed by atoms with Crippen LogP contribution < -0.4 is 4.90 Å². The predicted octanol–water partition coefficient (Wildman–Crippen LogP) is 3.59. The minimum atomic E-state index is -0.309. The number of fused-ring (bicyclic) bond motifs is 1. The lowest BCUT2D eigenvalue weighted by molar-refractivity contribution is 0.627. The summed E-state index contributed by atoms with van der Waals surface area (Å²) in [5.41, 5.74) is 2.12. The molecule has 1 aromatic carbocycles. The largest absolute Gasteiger partial charge is 0.363 e. The third-order valence-electron chi connectivity index (χ3n) is 2.93. The molecule has 0 fully saturated rings. The van der Waals surface area contributed by atoms with Crippen molar-refractivity contribution in [3.8, 4) is 11.4 Å². The van der Waals surface area contributed by atoms with Gasteiger partial charge in [0.2, 0.25) is 0 Å². The molecular formula is C14H12BrFN4. The van der Waals surface area contributed by atoms with E-state index in [0.717, 1.165) is 11.3 Å². The molecule has 6 heteroatoms. The highest BCUT2D eigenvalue weighted by Crippen LogP contribution is 2.25. The highest BCUT2D eigenvalue weighted by Gasteiger charge is 2.09. The maximum absolute atomic E-state index is 13.4. The number of pyridine rings is 1. The molecule has 3 aromatic rings. The molecule has 3 rings (SSSR count). The Hall–Kier alpha value is -1.95. The first-order valence-corrected chi connectivity index (χ1v) is 6.83. The molecule has 0 aliphatic carbocycles. The van der Waals surface area contributed by atoms with E-state index < -0.39 is 0 Å². The van der Waals surface area contributed by atoms with Crippen molar-refractivity contribution < 1.29 is 4.39 Å². The highest BCUT2D eigenvalue weighted by atomic mass is 79.9. The number of imidazole rings is 1. The highest BCUT2D eigenvalue weighted by molar-refractivity contribution is 9.10. The van der Waals surface area contributed by atoms with Crippen LogP contribution >= 0.6 is 15.9 Å². The van der Waals surface area contributed by atoms with Crippen molar-refractivity contribution in [3.05, 3.63) is 40.6 Å². The Kier molecular flexibility index (Phi) is 3.17. The number of aromatic amines is 1. The minimum Gasteiger partial charge on any atom is -0.363 e. The van der Waals surface area contributed by atoms with Gasteiger partial charge in [0.25, 0.3) is 0 Å². The number of hydrogen-bond acceptors (Lipinski definition) is 3. The van der Waals surface area contributed by atoms with Gasteiger partial charge in [-0.05, 0) is 30.3 Å². The molecule has 0 saturated heterocycles. The van der Waals surface area contributed by atoms with Crippen molar-refractivity contribution in [2.24, 2.45) is 0 Å². The normalized spacial score (nSPS) is 11.0. The monoisotopic (exact) mass is 334 g/mol. The molecule has 0 aliphatic rings. The van der Waals surface area contributed by atoms with E-state index in [1.54, 1.807) is 0 Å². The first-order chi connectivity index (χ1) is 9.52. The number of H-pyrrole nitrogens is 1. The Labute approximate surface area is 123 Å². The van der Waals surface area contributed by atoms with Gasteiger partial charge in [-0.1, -0.05) is 15.9 Å². The van der Waals surface area contributed by atoms with Gasteiger partial charge < -0.3 is 9.88 Å². The van der Waals surface area contributed by atoms with Crippen molar-refractivity contribution in [1.82, 2.24) is 15.0 Å². The first kappa shape index (κ1) is 13.1. The predicted molar refractivity (Wildman–Crippen MR) is 81.3 cm³/mol. The van der Waals surface area contributed by atoms with Crippen molar-refractivity contribution in [2.75, 3.05) is 19.0 Å². The fraction of sp³-hybridized carbons (Fsp3) is 0.143. The lowest BCUT2D eigenvalue weighted by Crippen LogP contribution is -2.10. The zero-order valence-electron chi connectivity index (χ0n) is 11.0. The second-order valence-electron chi connectivity index (χ2n) is 4.68. The number of nitrogens with one attached hydrogen (secondary N) is 1. The van der Waals surface area contributed by atoms with Crippen LogP contribution in [0.3, 0.4) is 0 Å². The van der Waals surface area contributed by atoms with Crippen LogP contribution in [0, 0.1) is 5.82 Å². The molecule has 4 nitrogen and oxygen atoms in total. The topological polar surface area (TPSA) is 44.8 Å². The number of anilines is 1. The number of hydrogen-bond donors (Lipinski definition) is 1. The second kappa shape index (κ2) is 4.86. The van der Waals surface area contributed by atoms with Gasteiger partial charge in [0.15, 0.2) is 5.65 Å². The van der Waals surface area contributed by atoms with E-state index in [4.69, 9.17) is 0 Å². The quantitative estimate of drug-likeness (QED) is 0.778. The molecule has 2 heterocycles. The van der Waals surface area contributed by atoms with Gasteiger partial charge in [-0.2, -0.15) is 0 Å². The average molecular weight is 335 g/mol. The number of aromatic nitrogens is 3. The zero-order valence-corrected chi connectivity index (χ0v) is 12.6. The number of benzene rings is 1. The SMILES string of the molecule is CN(C)c1ccc2[nH]c(-c3cc(F)cc(Br)c3)nc2n1. The van der Waals surface area contributed by atoms with Gasteiger partial charge >= 0.3 is 0 Å². The third kappa shape index (κ3) is 2.38. The van der Waals surface area contributed by atoms with Crippen LogP contribution in [0.15, 0.2) is 34.8 Å². The Balaban J connectivity index is 2.12. The summed E-state index contributed by atoms with van der Waals surface area (Å²) >= 11 is 3.28. The van der Waals surface area contributed by atoms with Gasteiger partial charge in [0.1, 0.15) is 17.5 Å². The molecule has 2 aromatic heterocycles. The maximum Gasteiger partial charge on any atom is 0.180 e. The summed E-state index contributed by atoms with van der Waals surface area (Å²) in [5.74, 6) is 1.12. The standard InChI is InChI=1S/C14H12BrFN4/c1-20(2)12-4-3-11-14(18-12)19-13(17-11)8-5-9(15)7-10(16)6-8/h3-7H,1-2H3,(H,17,18,19). The molecule has 20 heavy (non-hydrogen) atoms. The van der Waals surface area contributed by atoms with E-state index in [1.165, 1.54) is 12.1 Å². The maximum atomic E-state index is 13.4. The smallest absolute Gasteiger partial charge is 0.180 e. The zero-order chi connectivity index (χ0) is 14.3. The van der Waals surface area contributed by atoms with E-state index in [2.05, 4.69) is 30.9 Å². The average Bonchev–Trinajstić information content (AvgIpc) is 2.80. The van der Waals surface area contributed by atoms with Crippen molar-refractivity contribution in [2.45, 2.75) is 0 Å². The molecule has 0 aliphatic heterocycles. The molecule has 0 atom stereocenters. The van der Waals surface area contributed by atoms with Crippen LogP contribution in [0.5, 0.6) is 0 Å².